The minimum Gasteiger partial charge on any atom is -0.325 e. The molecule has 0 amide bonds. The largest absolute Gasteiger partial charge is 0.325 e. The van der Waals surface area contributed by atoms with E-state index in [4.69, 9.17) is 5.73 Å². The predicted molar refractivity (Wildman–Crippen MR) is 49.7 cm³/mol. The van der Waals surface area contributed by atoms with E-state index in [1.165, 1.54) is 0 Å². The van der Waals surface area contributed by atoms with Crippen LogP contribution in [-0.2, 0) is 6.54 Å². The van der Waals surface area contributed by atoms with Crippen molar-refractivity contribution in [1.82, 2.24) is 15.2 Å². The number of aromatic amines is 1. The second-order valence-electron chi connectivity index (χ2n) is 2.71. The summed E-state index contributed by atoms with van der Waals surface area (Å²) in [5.74, 6) is 0. The molecular formula is C9H10N4. The summed E-state index contributed by atoms with van der Waals surface area (Å²) in [5, 5.41) is 6.79. The van der Waals surface area contributed by atoms with Crippen molar-refractivity contribution in [2.24, 2.45) is 5.73 Å². The monoisotopic (exact) mass is 174 g/mol. The van der Waals surface area contributed by atoms with Crippen molar-refractivity contribution in [2.75, 3.05) is 0 Å². The maximum absolute atomic E-state index is 5.54. The Morgan fingerprint density at radius 2 is 2.31 bits per heavy atom. The molecule has 2 rings (SSSR count). The fourth-order valence-corrected chi connectivity index (χ4v) is 1.24. The molecule has 0 aliphatic heterocycles. The molecule has 66 valence electrons. The number of hydrogen-bond acceptors (Lipinski definition) is 3. The van der Waals surface area contributed by atoms with Gasteiger partial charge in [-0.05, 0) is 6.07 Å². The van der Waals surface area contributed by atoms with Crippen LogP contribution >= 0.6 is 0 Å². The van der Waals surface area contributed by atoms with Crippen molar-refractivity contribution < 1.29 is 0 Å². The molecule has 0 fully saturated rings. The molecule has 0 aliphatic rings. The van der Waals surface area contributed by atoms with E-state index in [1.807, 2.05) is 12.1 Å². The van der Waals surface area contributed by atoms with Crippen LogP contribution in [0.4, 0.5) is 0 Å². The highest BCUT2D eigenvalue weighted by Gasteiger charge is 2.04. The predicted octanol–water partition coefficient (Wildman–Crippen LogP) is 0.930. The van der Waals surface area contributed by atoms with Crippen molar-refractivity contribution in [2.45, 2.75) is 6.54 Å². The van der Waals surface area contributed by atoms with E-state index in [0.29, 0.717) is 6.54 Å². The standard InChI is InChI=1S/C9H10N4/c10-4-9-8(6-12-13-9)7-2-1-3-11-5-7/h1-3,5-6H,4,10H2,(H,12,13). The Labute approximate surface area is 75.8 Å². The second-order valence-corrected chi connectivity index (χ2v) is 2.71. The Morgan fingerprint density at radius 3 is 3.00 bits per heavy atom. The fourth-order valence-electron chi connectivity index (χ4n) is 1.24. The Hall–Kier alpha value is -1.68. The van der Waals surface area contributed by atoms with Crippen molar-refractivity contribution in [3.8, 4) is 11.1 Å². The summed E-state index contributed by atoms with van der Waals surface area (Å²) in [5.41, 5.74) is 8.54. The van der Waals surface area contributed by atoms with Gasteiger partial charge >= 0.3 is 0 Å². The zero-order chi connectivity index (χ0) is 9.10. The minimum atomic E-state index is 0.463. The summed E-state index contributed by atoms with van der Waals surface area (Å²) >= 11 is 0. The van der Waals surface area contributed by atoms with Crippen molar-refractivity contribution in [3.63, 3.8) is 0 Å². The Morgan fingerprint density at radius 1 is 1.38 bits per heavy atom. The number of H-pyrrole nitrogens is 1. The van der Waals surface area contributed by atoms with Crippen LogP contribution in [0.5, 0.6) is 0 Å². The summed E-state index contributed by atoms with van der Waals surface area (Å²) in [6.07, 6.45) is 5.30. The summed E-state index contributed by atoms with van der Waals surface area (Å²) in [6, 6.07) is 3.87. The maximum Gasteiger partial charge on any atom is 0.0569 e. The first-order valence-corrected chi connectivity index (χ1v) is 4.04. The van der Waals surface area contributed by atoms with Crippen molar-refractivity contribution >= 4 is 0 Å². The number of nitrogens with two attached hydrogens (primary N) is 1. The van der Waals surface area contributed by atoms with Gasteiger partial charge in [-0.15, -0.1) is 0 Å². The molecule has 2 heterocycles. The van der Waals surface area contributed by atoms with Crippen molar-refractivity contribution in [3.05, 3.63) is 36.4 Å². The quantitative estimate of drug-likeness (QED) is 0.711. The lowest BCUT2D eigenvalue weighted by molar-refractivity contribution is 0.948. The van der Waals surface area contributed by atoms with Gasteiger partial charge in [-0.3, -0.25) is 10.1 Å². The molecule has 0 bridgehead atoms. The number of pyridine rings is 1. The number of rotatable bonds is 2. The normalized spacial score (nSPS) is 10.2. The molecule has 0 aromatic carbocycles. The molecule has 0 atom stereocenters. The summed E-state index contributed by atoms with van der Waals surface area (Å²) in [7, 11) is 0. The number of nitrogens with one attached hydrogen (secondary N) is 1. The molecular weight excluding hydrogens is 164 g/mol. The third kappa shape index (κ3) is 1.43. The van der Waals surface area contributed by atoms with E-state index in [2.05, 4.69) is 15.2 Å². The molecule has 0 unspecified atom stereocenters. The van der Waals surface area contributed by atoms with Crippen LogP contribution in [0, 0.1) is 0 Å². The van der Waals surface area contributed by atoms with Gasteiger partial charge in [0, 0.05) is 30.1 Å². The lowest BCUT2D eigenvalue weighted by Crippen LogP contribution is -1.98. The molecule has 2 aromatic heterocycles. The van der Waals surface area contributed by atoms with Gasteiger partial charge in [0.25, 0.3) is 0 Å². The van der Waals surface area contributed by atoms with Crippen LogP contribution in [0.3, 0.4) is 0 Å². The van der Waals surface area contributed by atoms with Crippen LogP contribution in [0.15, 0.2) is 30.7 Å². The van der Waals surface area contributed by atoms with Crippen LogP contribution < -0.4 is 5.73 Å². The van der Waals surface area contributed by atoms with Crippen LogP contribution in [0.1, 0.15) is 5.69 Å². The lowest BCUT2D eigenvalue weighted by Gasteiger charge is -1.98. The molecule has 0 spiro atoms. The molecule has 4 heteroatoms. The highest BCUT2D eigenvalue weighted by atomic mass is 15.1. The third-order valence-electron chi connectivity index (χ3n) is 1.89. The van der Waals surface area contributed by atoms with Crippen LogP contribution in [0.2, 0.25) is 0 Å². The first-order chi connectivity index (χ1) is 6.42. The average molecular weight is 174 g/mol. The van der Waals surface area contributed by atoms with E-state index in [0.717, 1.165) is 16.8 Å². The lowest BCUT2D eigenvalue weighted by atomic mass is 10.1. The van der Waals surface area contributed by atoms with Gasteiger partial charge in [0.2, 0.25) is 0 Å². The smallest absolute Gasteiger partial charge is 0.0569 e. The van der Waals surface area contributed by atoms with E-state index in [1.54, 1.807) is 18.6 Å². The van der Waals surface area contributed by atoms with Gasteiger partial charge in [-0.2, -0.15) is 5.10 Å². The molecule has 0 radical (unpaired) electrons. The zero-order valence-corrected chi connectivity index (χ0v) is 7.07. The van der Waals surface area contributed by atoms with Gasteiger partial charge in [-0.25, -0.2) is 0 Å². The van der Waals surface area contributed by atoms with Gasteiger partial charge in [0.15, 0.2) is 0 Å². The Bertz CT molecular complexity index is 380. The molecule has 13 heavy (non-hydrogen) atoms. The molecule has 2 aromatic rings. The highest BCUT2D eigenvalue weighted by molar-refractivity contribution is 5.63. The fraction of sp³-hybridized carbons (Fsp3) is 0.111. The maximum atomic E-state index is 5.54. The van der Waals surface area contributed by atoms with E-state index in [-0.39, 0.29) is 0 Å². The zero-order valence-electron chi connectivity index (χ0n) is 7.07. The van der Waals surface area contributed by atoms with E-state index < -0.39 is 0 Å². The Kier molecular flexibility index (Phi) is 2.06. The topological polar surface area (TPSA) is 67.6 Å². The second kappa shape index (κ2) is 3.37. The first kappa shape index (κ1) is 7.94. The summed E-state index contributed by atoms with van der Waals surface area (Å²) in [6.45, 7) is 0.463. The van der Waals surface area contributed by atoms with Gasteiger partial charge in [0.05, 0.1) is 11.9 Å². The van der Waals surface area contributed by atoms with Gasteiger partial charge in [0.1, 0.15) is 0 Å². The number of aromatic nitrogens is 3. The van der Waals surface area contributed by atoms with Crippen molar-refractivity contribution in [1.29, 1.82) is 0 Å². The number of hydrogen-bond donors (Lipinski definition) is 2. The van der Waals surface area contributed by atoms with Gasteiger partial charge in [-0.1, -0.05) is 6.07 Å². The first-order valence-electron chi connectivity index (χ1n) is 4.04. The average Bonchev–Trinajstić information content (AvgIpc) is 2.67. The highest BCUT2D eigenvalue weighted by Crippen LogP contribution is 2.19. The number of nitrogens with zero attached hydrogens (tertiary/aromatic N) is 2. The summed E-state index contributed by atoms with van der Waals surface area (Å²) < 4.78 is 0. The molecule has 4 nitrogen and oxygen atoms in total. The summed E-state index contributed by atoms with van der Waals surface area (Å²) in [4.78, 5) is 4.03. The Balaban J connectivity index is 2.47. The minimum absolute atomic E-state index is 0.463. The molecule has 0 saturated carbocycles. The van der Waals surface area contributed by atoms with Gasteiger partial charge < -0.3 is 5.73 Å². The SMILES string of the molecule is NCc1[nH]ncc1-c1cccnc1. The van der Waals surface area contributed by atoms with Crippen LogP contribution in [-0.4, -0.2) is 15.2 Å². The molecule has 0 aliphatic carbocycles. The van der Waals surface area contributed by atoms with E-state index in [9.17, 15) is 0 Å². The van der Waals surface area contributed by atoms with Crippen LogP contribution in [0.25, 0.3) is 11.1 Å². The third-order valence-corrected chi connectivity index (χ3v) is 1.89. The molecule has 0 saturated heterocycles. The molecule has 3 N–H and O–H groups in total. The van der Waals surface area contributed by atoms with E-state index >= 15 is 0 Å².